The van der Waals surface area contributed by atoms with Gasteiger partial charge in [-0.1, -0.05) is 48.6 Å². The SMILES string of the molecule is CC1CCc2ccc(-c3cccc(C(=O)O)n3)cc2/C1=N\Nc1nc2ccccc2s1. The van der Waals surface area contributed by atoms with Crippen LogP contribution in [0.5, 0.6) is 0 Å². The molecule has 1 aliphatic carbocycles. The Kier molecular flexibility index (Phi) is 4.95. The fraction of sp³-hybridized carbons (Fsp3) is 0.167. The van der Waals surface area contributed by atoms with E-state index >= 15 is 0 Å². The van der Waals surface area contributed by atoms with E-state index in [0.717, 1.165) is 45.0 Å². The largest absolute Gasteiger partial charge is 0.477 e. The van der Waals surface area contributed by atoms with Crippen molar-refractivity contribution in [1.82, 2.24) is 9.97 Å². The van der Waals surface area contributed by atoms with Crippen LogP contribution >= 0.6 is 11.3 Å². The number of nitrogens with zero attached hydrogens (tertiary/aromatic N) is 3. The number of para-hydroxylation sites is 1. The summed E-state index contributed by atoms with van der Waals surface area (Å²) in [7, 11) is 0. The zero-order valence-corrected chi connectivity index (χ0v) is 17.7. The molecule has 1 aliphatic rings. The van der Waals surface area contributed by atoms with Gasteiger partial charge in [-0.15, -0.1) is 0 Å². The molecular formula is C24H20N4O2S. The third-order valence-corrected chi connectivity index (χ3v) is 6.47. The summed E-state index contributed by atoms with van der Waals surface area (Å²) < 4.78 is 1.12. The lowest BCUT2D eigenvalue weighted by molar-refractivity contribution is 0.0690. The van der Waals surface area contributed by atoms with E-state index in [1.54, 1.807) is 17.4 Å². The molecule has 0 fully saturated rings. The van der Waals surface area contributed by atoms with Crippen LogP contribution in [-0.4, -0.2) is 26.8 Å². The van der Waals surface area contributed by atoms with Crippen LogP contribution in [0.1, 0.15) is 35.0 Å². The van der Waals surface area contributed by atoms with E-state index in [-0.39, 0.29) is 5.69 Å². The van der Waals surface area contributed by atoms with E-state index in [0.29, 0.717) is 11.6 Å². The normalized spacial score (nSPS) is 16.9. The number of rotatable bonds is 4. The topological polar surface area (TPSA) is 87.5 Å². The first kappa shape index (κ1) is 19.4. The number of aromatic carboxylic acids is 1. The molecule has 2 heterocycles. The van der Waals surface area contributed by atoms with Gasteiger partial charge in [0.05, 0.1) is 21.6 Å². The van der Waals surface area contributed by atoms with E-state index in [1.807, 2.05) is 36.4 Å². The summed E-state index contributed by atoms with van der Waals surface area (Å²) in [5, 5.41) is 14.8. The van der Waals surface area contributed by atoms with Gasteiger partial charge in [0.1, 0.15) is 5.69 Å². The number of nitrogens with one attached hydrogen (secondary N) is 1. The molecule has 0 saturated heterocycles. The Bertz CT molecular complexity index is 1300. The summed E-state index contributed by atoms with van der Waals surface area (Å²) in [6, 6.07) is 19.2. The highest BCUT2D eigenvalue weighted by atomic mass is 32.1. The zero-order chi connectivity index (χ0) is 21.4. The van der Waals surface area contributed by atoms with Gasteiger partial charge in [-0.3, -0.25) is 5.43 Å². The van der Waals surface area contributed by atoms with Crippen LogP contribution in [0.15, 0.2) is 65.8 Å². The van der Waals surface area contributed by atoms with Gasteiger partial charge < -0.3 is 5.11 Å². The highest BCUT2D eigenvalue weighted by Crippen LogP contribution is 2.31. The van der Waals surface area contributed by atoms with Crippen molar-refractivity contribution in [2.75, 3.05) is 5.43 Å². The number of carboxylic acids is 1. The molecule has 0 radical (unpaired) electrons. The molecule has 0 bridgehead atoms. The van der Waals surface area contributed by atoms with Crippen molar-refractivity contribution in [3.05, 3.63) is 77.5 Å². The lowest BCUT2D eigenvalue weighted by Gasteiger charge is -2.24. The van der Waals surface area contributed by atoms with Gasteiger partial charge in [0.25, 0.3) is 0 Å². The number of carbonyl (C=O) groups is 1. The Morgan fingerprint density at radius 3 is 2.84 bits per heavy atom. The van der Waals surface area contributed by atoms with Gasteiger partial charge >= 0.3 is 5.97 Å². The van der Waals surface area contributed by atoms with Gasteiger partial charge in [-0.05, 0) is 48.7 Å². The number of anilines is 1. The first-order chi connectivity index (χ1) is 15.1. The van der Waals surface area contributed by atoms with E-state index in [9.17, 15) is 9.90 Å². The number of thiazole rings is 1. The standard InChI is InChI=1S/C24H20N4O2S/c1-14-9-10-15-11-12-16(18-6-4-7-20(25-18)23(29)30)13-17(15)22(14)27-28-24-26-19-5-2-3-8-21(19)31-24/h2-8,11-14H,9-10H2,1H3,(H,26,28)(H,29,30)/b27-22-. The van der Waals surface area contributed by atoms with Gasteiger partial charge in [0.15, 0.2) is 0 Å². The summed E-state index contributed by atoms with van der Waals surface area (Å²) in [6.45, 7) is 2.18. The molecule has 0 amide bonds. The molecule has 1 atom stereocenters. The number of carboxylic acid groups (broad SMARTS) is 1. The fourth-order valence-corrected chi connectivity index (χ4v) is 4.69. The van der Waals surface area contributed by atoms with Crippen molar-refractivity contribution < 1.29 is 9.90 Å². The number of aryl methyl sites for hydroxylation is 1. The number of pyridine rings is 1. The number of hydrogen-bond acceptors (Lipinski definition) is 6. The second-order valence-electron chi connectivity index (χ2n) is 7.62. The number of hydrazone groups is 1. The Morgan fingerprint density at radius 1 is 1.13 bits per heavy atom. The van der Waals surface area contributed by atoms with Crippen molar-refractivity contribution in [3.8, 4) is 11.3 Å². The predicted molar refractivity (Wildman–Crippen MR) is 124 cm³/mol. The van der Waals surface area contributed by atoms with Crippen LogP contribution in [0, 0.1) is 5.92 Å². The van der Waals surface area contributed by atoms with Gasteiger partial charge in [-0.2, -0.15) is 5.10 Å². The fourth-order valence-electron chi connectivity index (χ4n) is 3.88. The minimum Gasteiger partial charge on any atom is -0.477 e. The highest BCUT2D eigenvalue weighted by Gasteiger charge is 2.23. The molecular weight excluding hydrogens is 408 g/mol. The zero-order valence-electron chi connectivity index (χ0n) is 16.9. The first-order valence-electron chi connectivity index (χ1n) is 10.1. The summed E-state index contributed by atoms with van der Waals surface area (Å²) in [6.07, 6.45) is 2.01. The van der Waals surface area contributed by atoms with E-state index in [1.165, 1.54) is 11.6 Å². The predicted octanol–water partition coefficient (Wildman–Crippen LogP) is 5.46. The van der Waals surface area contributed by atoms with Crippen molar-refractivity contribution in [3.63, 3.8) is 0 Å². The molecule has 4 aromatic rings. The second kappa shape index (κ2) is 7.92. The van der Waals surface area contributed by atoms with Gasteiger partial charge in [0.2, 0.25) is 5.13 Å². The molecule has 2 aromatic heterocycles. The van der Waals surface area contributed by atoms with Crippen LogP contribution in [0.2, 0.25) is 0 Å². The molecule has 0 aliphatic heterocycles. The first-order valence-corrected chi connectivity index (χ1v) is 10.9. The number of hydrogen-bond donors (Lipinski definition) is 2. The van der Waals surface area contributed by atoms with Crippen LogP contribution in [0.25, 0.3) is 21.5 Å². The van der Waals surface area contributed by atoms with Crippen molar-refractivity contribution in [2.24, 2.45) is 11.0 Å². The molecule has 31 heavy (non-hydrogen) atoms. The highest BCUT2D eigenvalue weighted by molar-refractivity contribution is 7.22. The van der Waals surface area contributed by atoms with Crippen molar-refractivity contribution in [1.29, 1.82) is 0 Å². The van der Waals surface area contributed by atoms with E-state index < -0.39 is 5.97 Å². The molecule has 5 rings (SSSR count). The molecule has 7 heteroatoms. The van der Waals surface area contributed by atoms with Crippen molar-refractivity contribution >= 4 is 38.4 Å². The second-order valence-corrected chi connectivity index (χ2v) is 8.65. The average Bonchev–Trinajstić information content (AvgIpc) is 3.21. The quantitative estimate of drug-likeness (QED) is 0.422. The maximum atomic E-state index is 11.3. The number of fused-ring (bicyclic) bond motifs is 2. The third kappa shape index (κ3) is 3.80. The van der Waals surface area contributed by atoms with Crippen LogP contribution in [0.4, 0.5) is 5.13 Å². The maximum absolute atomic E-state index is 11.3. The minimum atomic E-state index is -1.03. The van der Waals surface area contributed by atoms with Crippen LogP contribution in [-0.2, 0) is 6.42 Å². The molecule has 6 nitrogen and oxygen atoms in total. The molecule has 0 saturated carbocycles. The summed E-state index contributed by atoms with van der Waals surface area (Å²) in [4.78, 5) is 20.2. The molecule has 1 unspecified atom stereocenters. The molecule has 2 N–H and O–H groups in total. The van der Waals surface area contributed by atoms with Crippen molar-refractivity contribution in [2.45, 2.75) is 19.8 Å². The Morgan fingerprint density at radius 2 is 2.00 bits per heavy atom. The van der Waals surface area contributed by atoms with Crippen LogP contribution in [0.3, 0.4) is 0 Å². The lowest BCUT2D eigenvalue weighted by Crippen LogP contribution is -2.22. The van der Waals surface area contributed by atoms with Gasteiger partial charge in [-0.25, -0.2) is 14.8 Å². The monoisotopic (exact) mass is 428 g/mol. The summed E-state index contributed by atoms with van der Waals surface area (Å²) in [5.74, 6) is -0.737. The minimum absolute atomic E-state index is 0.0370. The Hall–Kier alpha value is -3.58. The van der Waals surface area contributed by atoms with Gasteiger partial charge in [0, 0.05) is 17.0 Å². The summed E-state index contributed by atoms with van der Waals surface area (Å²) in [5.41, 5.74) is 8.97. The smallest absolute Gasteiger partial charge is 0.354 e. The van der Waals surface area contributed by atoms with E-state index in [4.69, 9.17) is 5.10 Å². The number of aromatic nitrogens is 2. The molecule has 154 valence electrons. The lowest BCUT2D eigenvalue weighted by atomic mass is 9.82. The number of benzene rings is 2. The molecule has 0 spiro atoms. The third-order valence-electron chi connectivity index (χ3n) is 5.53. The molecule has 2 aromatic carbocycles. The van der Waals surface area contributed by atoms with E-state index in [2.05, 4.69) is 34.5 Å². The Labute approximate surface area is 183 Å². The Balaban J connectivity index is 1.51. The summed E-state index contributed by atoms with van der Waals surface area (Å²) >= 11 is 1.58. The maximum Gasteiger partial charge on any atom is 0.354 e. The average molecular weight is 429 g/mol. The van der Waals surface area contributed by atoms with Crippen LogP contribution < -0.4 is 5.43 Å².